The van der Waals surface area contributed by atoms with E-state index in [1.165, 1.54) is 6.92 Å². The molecule has 0 aliphatic heterocycles. The van der Waals surface area contributed by atoms with Gasteiger partial charge in [0.05, 0.1) is 12.8 Å². The van der Waals surface area contributed by atoms with Crippen LogP contribution in [-0.2, 0) is 11.3 Å². The number of hydrogen-bond donors (Lipinski definition) is 3. The largest absolute Gasteiger partial charge is 0.467 e. The summed E-state index contributed by atoms with van der Waals surface area (Å²) in [6.45, 7) is 1.91. The second-order valence-corrected chi connectivity index (χ2v) is 5.58. The van der Waals surface area contributed by atoms with Gasteiger partial charge in [0.15, 0.2) is 0 Å². The number of nitrogens with zero attached hydrogens (tertiary/aromatic N) is 1. The van der Waals surface area contributed by atoms with Crippen LogP contribution in [0.4, 0.5) is 17.2 Å². The van der Waals surface area contributed by atoms with Crippen LogP contribution in [0.15, 0.2) is 65.4 Å². The fourth-order valence-electron chi connectivity index (χ4n) is 2.34. The van der Waals surface area contributed by atoms with Gasteiger partial charge in [-0.3, -0.25) is 9.59 Å². The third-order valence-electron chi connectivity index (χ3n) is 3.49. The molecule has 0 unspecified atom stereocenters. The smallest absolute Gasteiger partial charge is 0.255 e. The molecule has 1 aromatic carbocycles. The molecule has 7 nitrogen and oxygen atoms in total. The molecule has 26 heavy (non-hydrogen) atoms. The van der Waals surface area contributed by atoms with Gasteiger partial charge < -0.3 is 20.4 Å². The Morgan fingerprint density at radius 2 is 1.85 bits per heavy atom. The summed E-state index contributed by atoms with van der Waals surface area (Å²) in [5.41, 5.74) is 1.67. The second kappa shape index (κ2) is 7.98. The zero-order valence-corrected chi connectivity index (χ0v) is 14.2. The first kappa shape index (κ1) is 17.2. The van der Waals surface area contributed by atoms with E-state index in [9.17, 15) is 9.59 Å². The average molecular weight is 350 g/mol. The Morgan fingerprint density at radius 3 is 2.58 bits per heavy atom. The summed E-state index contributed by atoms with van der Waals surface area (Å²) < 4.78 is 5.25. The minimum absolute atomic E-state index is 0.171. The summed E-state index contributed by atoms with van der Waals surface area (Å²) >= 11 is 0. The molecule has 0 spiro atoms. The van der Waals surface area contributed by atoms with Crippen molar-refractivity contribution in [2.45, 2.75) is 13.5 Å². The Morgan fingerprint density at radius 1 is 1.04 bits per heavy atom. The summed E-state index contributed by atoms with van der Waals surface area (Å²) in [6, 6.07) is 13.9. The fraction of sp³-hybridized carbons (Fsp3) is 0.105. The van der Waals surface area contributed by atoms with Gasteiger partial charge in [0.2, 0.25) is 5.91 Å². The fourth-order valence-corrected chi connectivity index (χ4v) is 2.34. The van der Waals surface area contributed by atoms with Gasteiger partial charge in [0, 0.05) is 30.1 Å². The number of nitrogens with one attached hydrogen (secondary N) is 3. The van der Waals surface area contributed by atoms with E-state index < -0.39 is 0 Å². The normalized spacial score (nSPS) is 10.2. The number of carbonyl (C=O) groups is 2. The number of carbonyl (C=O) groups excluding carboxylic acids is 2. The number of amides is 2. The first-order chi connectivity index (χ1) is 12.6. The summed E-state index contributed by atoms with van der Waals surface area (Å²) in [4.78, 5) is 27.8. The molecule has 3 aromatic rings. The number of aromatic nitrogens is 1. The molecule has 7 heteroatoms. The van der Waals surface area contributed by atoms with Crippen LogP contribution in [0.5, 0.6) is 0 Å². The number of hydrogen-bond acceptors (Lipinski definition) is 5. The van der Waals surface area contributed by atoms with Crippen molar-refractivity contribution < 1.29 is 14.0 Å². The van der Waals surface area contributed by atoms with Crippen LogP contribution in [0.3, 0.4) is 0 Å². The molecular formula is C19H18N4O3. The van der Waals surface area contributed by atoms with E-state index in [0.717, 1.165) is 5.76 Å². The highest BCUT2D eigenvalue weighted by molar-refractivity contribution is 6.05. The van der Waals surface area contributed by atoms with Crippen molar-refractivity contribution in [3.05, 3.63) is 72.3 Å². The van der Waals surface area contributed by atoms with Crippen LogP contribution in [0, 0.1) is 0 Å². The van der Waals surface area contributed by atoms with Crippen molar-refractivity contribution in [2.75, 3.05) is 16.0 Å². The van der Waals surface area contributed by atoms with Crippen molar-refractivity contribution >= 4 is 29.0 Å². The molecule has 0 radical (unpaired) electrons. The zero-order chi connectivity index (χ0) is 18.4. The SMILES string of the molecule is CC(=O)Nc1cccc(NC(=O)c2ccnc(NCc3ccco3)c2)c1. The monoisotopic (exact) mass is 350 g/mol. The molecule has 2 amide bonds. The van der Waals surface area contributed by atoms with Gasteiger partial charge in [-0.15, -0.1) is 0 Å². The molecule has 132 valence electrons. The van der Waals surface area contributed by atoms with Crippen LogP contribution in [0.1, 0.15) is 23.0 Å². The van der Waals surface area contributed by atoms with Crippen molar-refractivity contribution in [1.82, 2.24) is 4.98 Å². The molecule has 2 aromatic heterocycles. The Balaban J connectivity index is 1.66. The first-order valence-corrected chi connectivity index (χ1v) is 8.01. The van der Waals surface area contributed by atoms with E-state index in [0.29, 0.717) is 29.3 Å². The highest BCUT2D eigenvalue weighted by Crippen LogP contribution is 2.17. The third-order valence-corrected chi connectivity index (χ3v) is 3.49. The summed E-state index contributed by atoms with van der Waals surface area (Å²) in [5.74, 6) is 0.904. The van der Waals surface area contributed by atoms with E-state index in [2.05, 4.69) is 20.9 Å². The van der Waals surface area contributed by atoms with Crippen molar-refractivity contribution in [2.24, 2.45) is 0 Å². The van der Waals surface area contributed by atoms with Crippen LogP contribution in [0.25, 0.3) is 0 Å². The van der Waals surface area contributed by atoms with Gasteiger partial charge in [-0.05, 0) is 42.5 Å². The Bertz CT molecular complexity index is 907. The van der Waals surface area contributed by atoms with Crippen LogP contribution in [-0.4, -0.2) is 16.8 Å². The van der Waals surface area contributed by atoms with Gasteiger partial charge in [-0.25, -0.2) is 4.98 Å². The first-order valence-electron chi connectivity index (χ1n) is 8.01. The van der Waals surface area contributed by atoms with Crippen LogP contribution >= 0.6 is 0 Å². The van der Waals surface area contributed by atoms with Crippen molar-refractivity contribution in [1.29, 1.82) is 0 Å². The number of benzene rings is 1. The quantitative estimate of drug-likeness (QED) is 0.632. The van der Waals surface area contributed by atoms with E-state index in [-0.39, 0.29) is 11.8 Å². The van der Waals surface area contributed by atoms with Gasteiger partial charge in [-0.1, -0.05) is 6.07 Å². The van der Waals surface area contributed by atoms with Gasteiger partial charge in [-0.2, -0.15) is 0 Å². The molecule has 0 fully saturated rings. The predicted molar refractivity (Wildman–Crippen MR) is 99.0 cm³/mol. The zero-order valence-electron chi connectivity index (χ0n) is 14.2. The number of anilines is 3. The number of pyridine rings is 1. The van der Waals surface area contributed by atoms with E-state index in [1.54, 1.807) is 48.9 Å². The average Bonchev–Trinajstić information content (AvgIpc) is 3.13. The highest BCUT2D eigenvalue weighted by atomic mass is 16.3. The van der Waals surface area contributed by atoms with Crippen molar-refractivity contribution in [3.63, 3.8) is 0 Å². The third kappa shape index (κ3) is 4.70. The van der Waals surface area contributed by atoms with Gasteiger partial charge in [0.25, 0.3) is 5.91 Å². The molecule has 0 aliphatic rings. The molecule has 0 saturated carbocycles. The standard InChI is InChI=1S/C19H18N4O3/c1-13(24)22-15-4-2-5-16(11-15)23-19(25)14-7-8-20-18(10-14)21-12-17-6-3-9-26-17/h2-11H,12H2,1H3,(H,20,21)(H,22,24)(H,23,25). The summed E-state index contributed by atoms with van der Waals surface area (Å²) in [6.07, 6.45) is 3.16. The lowest BCUT2D eigenvalue weighted by molar-refractivity contribution is -0.114. The minimum atomic E-state index is -0.270. The van der Waals surface area contributed by atoms with E-state index in [4.69, 9.17) is 4.42 Å². The predicted octanol–water partition coefficient (Wildman–Crippen LogP) is 3.50. The molecule has 3 N–H and O–H groups in total. The second-order valence-electron chi connectivity index (χ2n) is 5.58. The Hall–Kier alpha value is -3.61. The molecule has 0 bridgehead atoms. The maximum absolute atomic E-state index is 12.5. The number of rotatable bonds is 6. The maximum atomic E-state index is 12.5. The molecule has 0 saturated heterocycles. The topological polar surface area (TPSA) is 96.3 Å². The number of furan rings is 1. The molecular weight excluding hydrogens is 332 g/mol. The Labute approximate surface area is 150 Å². The lowest BCUT2D eigenvalue weighted by Gasteiger charge is -2.09. The lowest BCUT2D eigenvalue weighted by Crippen LogP contribution is -2.13. The van der Waals surface area contributed by atoms with E-state index >= 15 is 0 Å². The van der Waals surface area contributed by atoms with Crippen LogP contribution in [0.2, 0.25) is 0 Å². The van der Waals surface area contributed by atoms with Crippen molar-refractivity contribution in [3.8, 4) is 0 Å². The Kier molecular flexibility index (Phi) is 5.28. The van der Waals surface area contributed by atoms with Crippen LogP contribution < -0.4 is 16.0 Å². The van der Waals surface area contributed by atoms with E-state index in [1.807, 2.05) is 12.1 Å². The molecule has 2 heterocycles. The van der Waals surface area contributed by atoms with Gasteiger partial charge in [0.1, 0.15) is 11.6 Å². The summed E-state index contributed by atoms with van der Waals surface area (Å²) in [7, 11) is 0. The minimum Gasteiger partial charge on any atom is -0.467 e. The highest BCUT2D eigenvalue weighted by Gasteiger charge is 2.08. The lowest BCUT2D eigenvalue weighted by atomic mass is 10.2. The molecule has 0 aliphatic carbocycles. The summed E-state index contributed by atoms with van der Waals surface area (Å²) in [5, 5.41) is 8.59. The molecule has 0 atom stereocenters. The molecule has 3 rings (SSSR count). The van der Waals surface area contributed by atoms with Gasteiger partial charge >= 0.3 is 0 Å². The maximum Gasteiger partial charge on any atom is 0.255 e.